The van der Waals surface area contributed by atoms with E-state index in [4.69, 9.17) is 31.8 Å². The van der Waals surface area contributed by atoms with Gasteiger partial charge < -0.3 is 51.3 Å². The summed E-state index contributed by atoms with van der Waals surface area (Å²) >= 11 is 6.66. The van der Waals surface area contributed by atoms with Crippen molar-refractivity contribution >= 4 is 58.1 Å². The Morgan fingerprint density at radius 2 is 1.91 bits per heavy atom. The van der Waals surface area contributed by atoms with Crippen molar-refractivity contribution in [1.29, 1.82) is 0 Å². The number of hydrogen-bond acceptors (Lipinski definition) is 12. The summed E-state index contributed by atoms with van der Waals surface area (Å²) in [6.07, 6.45) is 2.20. The first kappa shape index (κ1) is 41.9. The van der Waals surface area contributed by atoms with Gasteiger partial charge in [0, 0.05) is 21.5 Å². The SMILES string of the molecule is C=CC[C@@H](CC(NC(=O)CN)C(=O)NCC(=O)NCOCC(=O)N[C@H]1CCc2c(C)c(Cl)cc3nc4c(c1c23)Cn1c-4cc2c(c1=O)COC(=O)[C@]2(O)CC)C(=O)O. The Bertz CT molecular complexity index is 2310. The molecule has 0 saturated heterocycles. The molecule has 6 rings (SSSR count). The predicted octanol–water partition coefficient (Wildman–Crippen LogP) is 0.462. The average molecular weight is 822 g/mol. The van der Waals surface area contributed by atoms with E-state index in [1.54, 1.807) is 19.1 Å². The number of carbonyl (C=O) groups is 6. The van der Waals surface area contributed by atoms with Gasteiger partial charge in [-0.05, 0) is 67.9 Å². The zero-order valence-corrected chi connectivity index (χ0v) is 32.6. The molecule has 0 spiro atoms. The van der Waals surface area contributed by atoms with Gasteiger partial charge in [0.1, 0.15) is 26.0 Å². The lowest BCUT2D eigenvalue weighted by molar-refractivity contribution is -0.172. The van der Waals surface area contributed by atoms with E-state index in [9.17, 15) is 43.8 Å². The maximum Gasteiger partial charge on any atom is 0.343 e. The molecule has 3 aromatic rings. The fourth-order valence-corrected chi connectivity index (χ4v) is 8.05. The number of allylic oxidation sites excluding steroid dienone is 1. The molecule has 2 aromatic heterocycles. The molecule has 0 fully saturated rings. The van der Waals surface area contributed by atoms with E-state index in [1.807, 2.05) is 6.92 Å². The highest BCUT2D eigenvalue weighted by molar-refractivity contribution is 6.32. The number of pyridine rings is 2. The number of rotatable bonds is 16. The van der Waals surface area contributed by atoms with Crippen LogP contribution in [0.25, 0.3) is 22.3 Å². The molecular formula is C39H44ClN7O11. The number of benzene rings is 1. The van der Waals surface area contributed by atoms with Crippen LogP contribution >= 0.6 is 11.6 Å². The second-order valence-electron chi connectivity index (χ2n) is 14.4. The molecule has 0 bridgehead atoms. The molecule has 58 heavy (non-hydrogen) atoms. The Balaban J connectivity index is 1.14. The molecule has 19 heteroatoms. The minimum atomic E-state index is -2.00. The van der Waals surface area contributed by atoms with Gasteiger partial charge in [-0.15, -0.1) is 6.58 Å². The summed E-state index contributed by atoms with van der Waals surface area (Å²) < 4.78 is 12.2. The zero-order valence-electron chi connectivity index (χ0n) is 31.9. The number of aliphatic hydroxyl groups is 1. The monoisotopic (exact) mass is 821 g/mol. The van der Waals surface area contributed by atoms with Gasteiger partial charge in [0.2, 0.25) is 23.6 Å². The van der Waals surface area contributed by atoms with Gasteiger partial charge in [-0.2, -0.15) is 0 Å². The van der Waals surface area contributed by atoms with E-state index < -0.39 is 91.2 Å². The lowest BCUT2D eigenvalue weighted by Gasteiger charge is -2.31. The lowest BCUT2D eigenvalue weighted by Crippen LogP contribution is -2.51. The number of nitrogens with one attached hydrogen (secondary N) is 4. The zero-order chi connectivity index (χ0) is 42.1. The van der Waals surface area contributed by atoms with Crippen molar-refractivity contribution in [1.82, 2.24) is 30.8 Å². The number of aromatic nitrogens is 2. The topological polar surface area (TPSA) is 270 Å². The predicted molar refractivity (Wildman–Crippen MR) is 207 cm³/mol. The number of hydrogen-bond donors (Lipinski definition) is 7. The summed E-state index contributed by atoms with van der Waals surface area (Å²) in [7, 11) is 0. The van der Waals surface area contributed by atoms with E-state index >= 15 is 0 Å². The molecule has 2 aliphatic heterocycles. The molecule has 4 atom stereocenters. The summed E-state index contributed by atoms with van der Waals surface area (Å²) in [4.78, 5) is 93.6. The molecule has 4 amide bonds. The number of fused-ring (bicyclic) bond motifs is 5. The van der Waals surface area contributed by atoms with E-state index in [0.717, 1.165) is 22.1 Å². The van der Waals surface area contributed by atoms with Crippen LogP contribution in [0.15, 0.2) is 29.6 Å². The van der Waals surface area contributed by atoms with E-state index in [2.05, 4.69) is 27.8 Å². The van der Waals surface area contributed by atoms with Crippen LogP contribution in [0.1, 0.15) is 72.0 Å². The molecule has 3 aliphatic rings. The number of esters is 1. The van der Waals surface area contributed by atoms with Crippen molar-refractivity contribution < 1.29 is 48.5 Å². The second-order valence-corrected chi connectivity index (χ2v) is 14.8. The van der Waals surface area contributed by atoms with Crippen LogP contribution in [0.4, 0.5) is 0 Å². The Hall–Kier alpha value is -5.69. The number of carbonyl (C=O) groups excluding carboxylic acids is 5. The highest BCUT2D eigenvalue weighted by Gasteiger charge is 2.46. The van der Waals surface area contributed by atoms with Gasteiger partial charge in [0.15, 0.2) is 5.60 Å². The van der Waals surface area contributed by atoms with Crippen molar-refractivity contribution in [3.63, 3.8) is 0 Å². The first-order chi connectivity index (χ1) is 27.6. The van der Waals surface area contributed by atoms with E-state index in [-0.39, 0.29) is 43.5 Å². The average Bonchev–Trinajstić information content (AvgIpc) is 3.57. The number of aliphatic carboxylic acids is 1. The smallest absolute Gasteiger partial charge is 0.343 e. The highest BCUT2D eigenvalue weighted by atomic mass is 35.5. The van der Waals surface area contributed by atoms with Crippen LogP contribution in [0, 0.1) is 12.8 Å². The summed E-state index contributed by atoms with van der Waals surface area (Å²) in [6, 6.07) is 1.55. The lowest BCUT2D eigenvalue weighted by atomic mass is 9.81. The fraction of sp³-hybridized carbons (Fsp3) is 0.436. The van der Waals surface area contributed by atoms with Gasteiger partial charge in [0.25, 0.3) is 5.56 Å². The first-order valence-electron chi connectivity index (χ1n) is 18.7. The molecular weight excluding hydrogens is 778 g/mol. The molecule has 0 saturated carbocycles. The molecule has 8 N–H and O–H groups in total. The fourth-order valence-electron chi connectivity index (χ4n) is 7.83. The van der Waals surface area contributed by atoms with E-state index in [0.29, 0.717) is 40.3 Å². The Morgan fingerprint density at radius 1 is 1.16 bits per heavy atom. The van der Waals surface area contributed by atoms with Gasteiger partial charge >= 0.3 is 11.9 Å². The Kier molecular flexibility index (Phi) is 12.3. The number of cyclic esters (lactones) is 1. The molecule has 308 valence electrons. The quantitative estimate of drug-likeness (QED) is 0.0351. The molecule has 1 aliphatic carbocycles. The number of carboxylic acid groups (broad SMARTS) is 1. The van der Waals surface area contributed by atoms with Crippen LogP contribution < -0.4 is 32.6 Å². The maximum absolute atomic E-state index is 13.9. The number of carboxylic acids is 1. The van der Waals surface area contributed by atoms with Crippen molar-refractivity contribution in [3.8, 4) is 11.4 Å². The molecule has 18 nitrogen and oxygen atoms in total. The largest absolute Gasteiger partial charge is 0.481 e. The molecule has 4 heterocycles. The third-order valence-corrected chi connectivity index (χ3v) is 11.3. The molecule has 0 radical (unpaired) electrons. The Morgan fingerprint density at radius 3 is 2.60 bits per heavy atom. The maximum atomic E-state index is 13.9. The van der Waals surface area contributed by atoms with Crippen LogP contribution in [0.2, 0.25) is 5.02 Å². The first-order valence-corrected chi connectivity index (χ1v) is 19.1. The third kappa shape index (κ3) is 7.92. The number of nitrogens with zero attached hydrogens (tertiary/aromatic N) is 2. The van der Waals surface area contributed by atoms with E-state index in [1.165, 1.54) is 10.6 Å². The normalized spacial score (nSPS) is 18.5. The van der Waals surface area contributed by atoms with Gasteiger partial charge in [-0.3, -0.25) is 28.8 Å². The van der Waals surface area contributed by atoms with Crippen LogP contribution in [-0.2, 0) is 63.4 Å². The van der Waals surface area contributed by atoms with Crippen molar-refractivity contribution in [2.75, 3.05) is 26.4 Å². The van der Waals surface area contributed by atoms with Crippen molar-refractivity contribution in [3.05, 3.63) is 73.5 Å². The van der Waals surface area contributed by atoms with Gasteiger partial charge in [-0.1, -0.05) is 24.6 Å². The van der Waals surface area contributed by atoms with Crippen LogP contribution in [0.5, 0.6) is 0 Å². The minimum absolute atomic E-state index is 0.0101. The Labute approximate surface area is 336 Å². The van der Waals surface area contributed by atoms with Crippen molar-refractivity contribution in [2.45, 2.75) is 76.8 Å². The number of halogens is 1. The number of amides is 4. The molecule has 1 unspecified atom stereocenters. The number of aryl methyl sites for hydroxylation is 1. The van der Waals surface area contributed by atoms with Crippen LogP contribution in [-0.4, -0.2) is 87.8 Å². The number of nitrogens with two attached hydrogens (primary N) is 1. The summed E-state index contributed by atoms with van der Waals surface area (Å²) in [6.45, 7) is 5.08. The van der Waals surface area contributed by atoms with Crippen LogP contribution in [0.3, 0.4) is 0 Å². The van der Waals surface area contributed by atoms with Crippen molar-refractivity contribution in [2.24, 2.45) is 11.7 Å². The standard InChI is InChI=1S/C39H44ClN7O11/c1-4-6-19(37(53)54)9-27(45-29(48)12-41)35(51)42-13-30(49)43-17-57-16-31(50)44-25-8-7-20-18(3)24(40)11-26-32(20)33(25)21-14-47-28(34(21)46-26)10-23-22(36(47)52)15-58-38(55)39(23,56)5-2/h4,10-11,19,25,27,56H,1,5-9,12-17,41H2,2-3H3,(H,42,51)(H,43,49)(H,44,50)(H,45,48)(H,53,54)/t19-,25-,27?,39-/m0/s1. The second kappa shape index (κ2) is 17.0. The van der Waals surface area contributed by atoms with Gasteiger partial charge in [-0.25, -0.2) is 9.78 Å². The summed E-state index contributed by atoms with van der Waals surface area (Å²) in [5.41, 5.74) is 8.01. The van der Waals surface area contributed by atoms with Gasteiger partial charge in [0.05, 0.1) is 54.1 Å². The summed E-state index contributed by atoms with van der Waals surface area (Å²) in [5.74, 6) is -5.71. The summed E-state index contributed by atoms with van der Waals surface area (Å²) in [5, 5.41) is 32.3. The molecule has 1 aromatic carbocycles. The minimum Gasteiger partial charge on any atom is -0.481 e. The number of ether oxygens (including phenoxy) is 2. The third-order valence-electron chi connectivity index (χ3n) is 10.9. The highest BCUT2D eigenvalue weighted by Crippen LogP contribution is 2.46.